The van der Waals surface area contributed by atoms with E-state index in [0.29, 0.717) is 6.42 Å². The van der Waals surface area contributed by atoms with Gasteiger partial charge in [0.1, 0.15) is 0 Å². The fraction of sp³-hybridized carbons (Fsp3) is 0.111. The number of aryl methyl sites for hydroxylation is 1. The van der Waals surface area contributed by atoms with E-state index in [2.05, 4.69) is 23.2 Å². The van der Waals surface area contributed by atoms with Gasteiger partial charge >= 0.3 is 0 Å². The highest BCUT2D eigenvalue weighted by atomic mass is 16.1. The molecule has 0 unspecified atom stereocenters. The molecule has 96 valence electrons. The van der Waals surface area contributed by atoms with E-state index in [1.165, 1.54) is 11.1 Å². The molecule has 0 bridgehead atoms. The lowest BCUT2D eigenvalue weighted by Crippen LogP contribution is -1.91. The molecule has 2 nitrogen and oxygen atoms in total. The predicted octanol–water partition coefficient (Wildman–Crippen LogP) is 4.03. The summed E-state index contributed by atoms with van der Waals surface area (Å²) in [7, 11) is 0. The third-order valence-corrected chi connectivity index (χ3v) is 3.98. The molecule has 0 N–H and O–H groups in total. The SMILES string of the molecule is O=C1CCc2cc(-c3cccc4ncccc34)ccc21. The van der Waals surface area contributed by atoms with Crippen LogP contribution in [0.5, 0.6) is 0 Å². The van der Waals surface area contributed by atoms with Crippen LogP contribution < -0.4 is 0 Å². The highest BCUT2D eigenvalue weighted by Gasteiger charge is 2.19. The Morgan fingerprint density at radius 3 is 2.80 bits per heavy atom. The lowest BCUT2D eigenvalue weighted by atomic mass is 9.97. The highest BCUT2D eigenvalue weighted by Crippen LogP contribution is 2.31. The number of ketones is 1. The van der Waals surface area contributed by atoms with Gasteiger partial charge in [-0.25, -0.2) is 0 Å². The fourth-order valence-electron chi connectivity index (χ4n) is 2.98. The molecule has 0 saturated carbocycles. The van der Waals surface area contributed by atoms with E-state index in [1.54, 1.807) is 0 Å². The minimum absolute atomic E-state index is 0.270. The van der Waals surface area contributed by atoms with Gasteiger partial charge in [-0.15, -0.1) is 0 Å². The van der Waals surface area contributed by atoms with Crippen molar-refractivity contribution in [3.05, 3.63) is 65.9 Å². The van der Waals surface area contributed by atoms with Crippen LogP contribution in [0, 0.1) is 0 Å². The predicted molar refractivity (Wildman–Crippen MR) is 79.8 cm³/mol. The molecule has 1 aliphatic carbocycles. The number of rotatable bonds is 1. The molecule has 0 fully saturated rings. The molecule has 4 rings (SSSR count). The monoisotopic (exact) mass is 259 g/mol. The second-order valence-electron chi connectivity index (χ2n) is 5.17. The van der Waals surface area contributed by atoms with Crippen LogP contribution >= 0.6 is 0 Å². The molecule has 0 saturated heterocycles. The van der Waals surface area contributed by atoms with Crippen molar-refractivity contribution in [1.82, 2.24) is 4.98 Å². The molecule has 1 heterocycles. The first kappa shape index (κ1) is 11.4. The maximum Gasteiger partial charge on any atom is 0.163 e. The summed E-state index contributed by atoms with van der Waals surface area (Å²) in [6.07, 6.45) is 3.33. The van der Waals surface area contributed by atoms with Crippen LogP contribution in [-0.2, 0) is 6.42 Å². The quantitative estimate of drug-likeness (QED) is 0.660. The molecular formula is C18H13NO. The van der Waals surface area contributed by atoms with E-state index in [4.69, 9.17) is 0 Å². The first-order valence-electron chi connectivity index (χ1n) is 6.83. The van der Waals surface area contributed by atoms with Crippen LogP contribution in [0.1, 0.15) is 22.3 Å². The van der Waals surface area contributed by atoms with Crippen molar-refractivity contribution in [2.75, 3.05) is 0 Å². The van der Waals surface area contributed by atoms with Crippen molar-refractivity contribution >= 4 is 16.7 Å². The number of nitrogens with zero attached hydrogens (tertiary/aromatic N) is 1. The summed E-state index contributed by atoms with van der Waals surface area (Å²) in [5, 5.41) is 1.15. The van der Waals surface area contributed by atoms with Gasteiger partial charge in [0.2, 0.25) is 0 Å². The summed E-state index contributed by atoms with van der Waals surface area (Å²) in [5.74, 6) is 0.270. The van der Waals surface area contributed by atoms with Gasteiger partial charge in [0, 0.05) is 23.6 Å². The number of pyridine rings is 1. The highest BCUT2D eigenvalue weighted by molar-refractivity contribution is 6.02. The van der Waals surface area contributed by atoms with Crippen molar-refractivity contribution in [2.24, 2.45) is 0 Å². The minimum atomic E-state index is 0.270. The molecule has 2 heteroatoms. The first-order valence-corrected chi connectivity index (χ1v) is 6.83. The Morgan fingerprint density at radius 2 is 1.85 bits per heavy atom. The Hall–Kier alpha value is -2.48. The van der Waals surface area contributed by atoms with Gasteiger partial charge in [-0.2, -0.15) is 0 Å². The van der Waals surface area contributed by atoms with E-state index < -0.39 is 0 Å². The zero-order valence-electron chi connectivity index (χ0n) is 11.0. The average Bonchev–Trinajstić information content (AvgIpc) is 2.87. The maximum absolute atomic E-state index is 11.7. The summed E-state index contributed by atoms with van der Waals surface area (Å²) in [6.45, 7) is 0. The van der Waals surface area contributed by atoms with Crippen LogP contribution in [0.25, 0.3) is 22.0 Å². The van der Waals surface area contributed by atoms with Gasteiger partial charge in [0.25, 0.3) is 0 Å². The summed E-state index contributed by atoms with van der Waals surface area (Å²) >= 11 is 0. The van der Waals surface area contributed by atoms with E-state index in [-0.39, 0.29) is 5.78 Å². The van der Waals surface area contributed by atoms with E-state index in [1.807, 2.05) is 36.5 Å². The number of Topliss-reactive ketones (excluding diaryl/α,β-unsaturated/α-hetero) is 1. The number of carbonyl (C=O) groups excluding carboxylic acids is 1. The summed E-state index contributed by atoms with van der Waals surface area (Å²) in [6, 6.07) is 16.4. The molecule has 0 radical (unpaired) electrons. The zero-order valence-corrected chi connectivity index (χ0v) is 11.0. The molecular weight excluding hydrogens is 246 g/mol. The topological polar surface area (TPSA) is 30.0 Å². The molecule has 1 aromatic heterocycles. The first-order chi connectivity index (χ1) is 9.83. The van der Waals surface area contributed by atoms with Crippen LogP contribution in [-0.4, -0.2) is 10.8 Å². The van der Waals surface area contributed by atoms with Crippen molar-refractivity contribution in [1.29, 1.82) is 0 Å². The van der Waals surface area contributed by atoms with Gasteiger partial charge < -0.3 is 0 Å². The number of benzene rings is 2. The van der Waals surface area contributed by atoms with Crippen molar-refractivity contribution in [2.45, 2.75) is 12.8 Å². The van der Waals surface area contributed by atoms with Gasteiger partial charge in [0.15, 0.2) is 5.78 Å². The molecule has 20 heavy (non-hydrogen) atoms. The second kappa shape index (κ2) is 4.27. The molecule has 0 aliphatic heterocycles. The van der Waals surface area contributed by atoms with Crippen LogP contribution in [0.2, 0.25) is 0 Å². The van der Waals surface area contributed by atoms with Crippen molar-refractivity contribution in [3.8, 4) is 11.1 Å². The maximum atomic E-state index is 11.7. The summed E-state index contributed by atoms with van der Waals surface area (Å²) in [5.41, 5.74) is 5.41. The molecule has 0 amide bonds. The van der Waals surface area contributed by atoms with E-state index >= 15 is 0 Å². The second-order valence-corrected chi connectivity index (χ2v) is 5.17. The van der Waals surface area contributed by atoms with Crippen LogP contribution in [0.4, 0.5) is 0 Å². The Kier molecular flexibility index (Phi) is 2.43. The summed E-state index contributed by atoms with van der Waals surface area (Å²) in [4.78, 5) is 16.1. The third-order valence-electron chi connectivity index (χ3n) is 3.98. The number of fused-ring (bicyclic) bond motifs is 2. The third kappa shape index (κ3) is 1.65. The van der Waals surface area contributed by atoms with E-state index in [0.717, 1.165) is 28.5 Å². The van der Waals surface area contributed by atoms with Gasteiger partial charge in [-0.1, -0.05) is 36.4 Å². The number of hydrogen-bond donors (Lipinski definition) is 0. The number of carbonyl (C=O) groups is 1. The molecule has 0 atom stereocenters. The Labute approximate surface area is 117 Å². The van der Waals surface area contributed by atoms with Crippen LogP contribution in [0.15, 0.2) is 54.7 Å². The van der Waals surface area contributed by atoms with Crippen molar-refractivity contribution < 1.29 is 4.79 Å². The van der Waals surface area contributed by atoms with Crippen molar-refractivity contribution in [3.63, 3.8) is 0 Å². The molecule has 3 aromatic rings. The Morgan fingerprint density at radius 1 is 0.900 bits per heavy atom. The number of aromatic nitrogens is 1. The Bertz CT molecular complexity index is 830. The Balaban J connectivity index is 1.94. The van der Waals surface area contributed by atoms with Crippen LogP contribution in [0.3, 0.4) is 0 Å². The standard InChI is InChI=1S/C18H13NO/c20-18-9-7-13-11-12(6-8-15(13)18)14-3-1-5-17-16(14)4-2-10-19-17/h1-6,8,10-11H,7,9H2. The zero-order chi connectivity index (χ0) is 13.5. The lowest BCUT2D eigenvalue weighted by molar-refractivity contribution is 0.0994. The fourth-order valence-corrected chi connectivity index (χ4v) is 2.98. The van der Waals surface area contributed by atoms with Gasteiger partial charge in [0.05, 0.1) is 5.52 Å². The molecule has 2 aromatic carbocycles. The summed E-state index contributed by atoms with van der Waals surface area (Å²) < 4.78 is 0. The number of hydrogen-bond acceptors (Lipinski definition) is 2. The minimum Gasteiger partial charge on any atom is -0.294 e. The van der Waals surface area contributed by atoms with Gasteiger partial charge in [-0.05, 0) is 35.2 Å². The average molecular weight is 259 g/mol. The molecule has 0 spiro atoms. The largest absolute Gasteiger partial charge is 0.294 e. The smallest absolute Gasteiger partial charge is 0.163 e. The van der Waals surface area contributed by atoms with Gasteiger partial charge in [-0.3, -0.25) is 9.78 Å². The van der Waals surface area contributed by atoms with E-state index in [9.17, 15) is 4.79 Å². The molecule has 1 aliphatic rings. The lowest BCUT2D eigenvalue weighted by Gasteiger charge is -2.08. The normalized spacial score (nSPS) is 13.7.